The fourth-order valence-electron chi connectivity index (χ4n) is 9.76. The molecule has 0 saturated carbocycles. The third-order valence-electron chi connectivity index (χ3n) is 14.2. The summed E-state index contributed by atoms with van der Waals surface area (Å²) in [5.41, 5.74) is 5.64. The molecule has 76 heavy (non-hydrogen) atoms. The van der Waals surface area contributed by atoms with Crippen LogP contribution in [-0.4, -0.2) is 145 Å². The lowest BCUT2D eigenvalue weighted by Gasteiger charge is -2.31. The fraction of sp³-hybridized carbons (Fsp3) is 0.439. The molecule has 402 valence electrons. The van der Waals surface area contributed by atoms with Gasteiger partial charge in [-0.25, -0.2) is 9.69 Å². The Morgan fingerprint density at radius 3 is 2.17 bits per heavy atom. The first-order chi connectivity index (χ1) is 36.8. The van der Waals surface area contributed by atoms with Crippen molar-refractivity contribution < 1.29 is 62.4 Å². The summed E-state index contributed by atoms with van der Waals surface area (Å²) >= 11 is 0. The van der Waals surface area contributed by atoms with E-state index in [0.29, 0.717) is 104 Å². The number of hydrogen-bond acceptors (Lipinski definition) is 15. The fourth-order valence-corrected chi connectivity index (χ4v) is 9.76. The molecule has 5 amide bonds. The normalized spacial score (nSPS) is 19.7. The first-order valence-electron chi connectivity index (χ1n) is 25.9. The van der Waals surface area contributed by atoms with E-state index in [-0.39, 0.29) is 86.2 Å². The van der Waals surface area contributed by atoms with Gasteiger partial charge in [0.05, 0.1) is 68.1 Å². The Morgan fingerprint density at radius 2 is 1.45 bits per heavy atom. The van der Waals surface area contributed by atoms with Crippen molar-refractivity contribution >= 4 is 64.6 Å². The van der Waals surface area contributed by atoms with Gasteiger partial charge in [-0.15, -0.1) is 0 Å². The zero-order valence-electron chi connectivity index (χ0n) is 43.5. The summed E-state index contributed by atoms with van der Waals surface area (Å²) in [6.45, 7) is 7.79. The van der Waals surface area contributed by atoms with Gasteiger partial charge < -0.3 is 43.9 Å². The summed E-state index contributed by atoms with van der Waals surface area (Å²) in [5.74, 6) is 0.0345. The van der Waals surface area contributed by atoms with Gasteiger partial charge in [0, 0.05) is 81.7 Å². The zero-order chi connectivity index (χ0) is 53.9. The molecule has 3 aromatic carbocycles. The summed E-state index contributed by atoms with van der Waals surface area (Å²) in [5, 5.41) is 15.0. The highest BCUT2D eigenvalue weighted by molar-refractivity contribution is 6.13. The first kappa shape index (κ1) is 54.6. The number of rotatable bonds is 24. The maximum atomic E-state index is 14.2. The van der Waals surface area contributed by atoms with E-state index >= 15 is 0 Å². The van der Waals surface area contributed by atoms with E-state index < -0.39 is 30.2 Å². The van der Waals surface area contributed by atoms with Crippen LogP contribution >= 0.6 is 0 Å². The third kappa shape index (κ3) is 12.9. The lowest BCUT2D eigenvalue weighted by Crippen LogP contribution is -2.50. The van der Waals surface area contributed by atoms with Crippen molar-refractivity contribution in [3.63, 3.8) is 0 Å². The molecular weight excluding hydrogens is 977 g/mol. The molecule has 0 aliphatic carbocycles. The van der Waals surface area contributed by atoms with E-state index in [1.165, 1.54) is 17.7 Å². The predicted octanol–water partition coefficient (Wildman–Crippen LogP) is 7.20. The minimum absolute atomic E-state index is 0.0560. The van der Waals surface area contributed by atoms with Crippen LogP contribution in [0.4, 0.5) is 21.9 Å². The van der Waals surface area contributed by atoms with E-state index in [4.69, 9.17) is 23.7 Å². The van der Waals surface area contributed by atoms with E-state index in [2.05, 4.69) is 16.4 Å². The molecule has 0 aromatic heterocycles. The molecule has 2 saturated heterocycles. The number of imide groups is 1. The number of aliphatic imine (C=N–C) groups is 1. The minimum atomic E-state index is -1.42. The highest BCUT2D eigenvalue weighted by atomic mass is 16.6. The van der Waals surface area contributed by atoms with Crippen molar-refractivity contribution in [1.29, 1.82) is 0 Å². The highest BCUT2D eigenvalue weighted by Gasteiger charge is 2.46. The summed E-state index contributed by atoms with van der Waals surface area (Å²) in [6.07, 6.45) is 10.2. The molecule has 2 fully saturated rings. The number of methoxy groups -OCH3 is 1. The maximum absolute atomic E-state index is 14.2. The van der Waals surface area contributed by atoms with E-state index in [1.807, 2.05) is 38.0 Å². The Hall–Kier alpha value is -7.64. The number of carbonyl (C=O) groups is 7. The van der Waals surface area contributed by atoms with Crippen LogP contribution in [0, 0.1) is 6.92 Å². The molecule has 5 aliphatic rings. The number of allylic oxidation sites excluding steroid dienone is 2. The van der Waals surface area contributed by atoms with Crippen LogP contribution < -0.4 is 24.4 Å². The van der Waals surface area contributed by atoms with Gasteiger partial charge >= 0.3 is 6.09 Å². The molecule has 5 heterocycles. The van der Waals surface area contributed by atoms with Crippen LogP contribution in [0.25, 0.3) is 0 Å². The number of ether oxygens (including phenoxy) is 5. The highest BCUT2D eigenvalue weighted by Crippen LogP contribution is 2.41. The SMILES string of the molecule is C/C=C1\C[C@H]2C=Nc3cc(OCCCCCOc4cc5c(cc4C)C(=O)N4C/C(=C/C)C[C@H]4[C@H](O)N5C(=O)OCc4ccc(NCC(=O)CCOCCCC(=O)CCN5C(=O)C=CC5=O)cc4)c(OC)cc3C(=O)N2C1. The van der Waals surface area contributed by atoms with E-state index in [9.17, 15) is 38.7 Å². The molecule has 2 N–H and O–H groups in total. The molecular formula is C57H66N6O13. The second-order valence-corrected chi connectivity index (χ2v) is 19.3. The largest absolute Gasteiger partial charge is 0.493 e. The summed E-state index contributed by atoms with van der Waals surface area (Å²) in [7, 11) is 1.54. The number of nitrogens with one attached hydrogen (secondary N) is 1. The summed E-state index contributed by atoms with van der Waals surface area (Å²) in [6, 6.07) is 13.0. The first-order valence-corrected chi connectivity index (χ1v) is 25.9. The van der Waals surface area contributed by atoms with Crippen molar-refractivity contribution in [3.05, 3.63) is 106 Å². The lowest BCUT2D eigenvalue weighted by molar-refractivity contribution is -0.137. The average Bonchev–Trinajstić information content (AvgIpc) is 4.12. The number of hydrogen-bond donors (Lipinski definition) is 2. The molecule has 19 heteroatoms. The Morgan fingerprint density at radius 1 is 0.750 bits per heavy atom. The number of unbranched alkanes of at least 4 members (excludes halogenated alkanes) is 2. The number of fused-ring (bicyclic) bond motifs is 4. The minimum Gasteiger partial charge on any atom is -0.493 e. The molecule has 3 atom stereocenters. The topological polar surface area (TPSA) is 223 Å². The molecule has 0 radical (unpaired) electrons. The van der Waals surface area contributed by atoms with Gasteiger partial charge in [0.2, 0.25) is 0 Å². The number of carbonyl (C=O) groups excluding carboxylic acids is 7. The van der Waals surface area contributed by atoms with Crippen LogP contribution in [0.15, 0.2) is 89.0 Å². The van der Waals surface area contributed by atoms with Gasteiger partial charge in [0.1, 0.15) is 18.1 Å². The number of aliphatic hydroxyl groups excluding tert-OH is 1. The number of ketones is 2. The monoisotopic (exact) mass is 1040 g/mol. The molecule has 19 nitrogen and oxygen atoms in total. The molecule has 0 spiro atoms. The molecule has 0 bridgehead atoms. The number of benzene rings is 3. The van der Waals surface area contributed by atoms with Crippen LogP contribution in [-0.2, 0) is 35.3 Å². The Bertz CT molecular complexity index is 2820. The van der Waals surface area contributed by atoms with Gasteiger partial charge in [-0.3, -0.25) is 38.7 Å². The zero-order valence-corrected chi connectivity index (χ0v) is 43.5. The smallest absolute Gasteiger partial charge is 0.416 e. The molecule has 3 aromatic rings. The lowest BCUT2D eigenvalue weighted by atomic mass is 10.1. The number of aryl methyl sites for hydroxylation is 1. The third-order valence-corrected chi connectivity index (χ3v) is 14.2. The van der Waals surface area contributed by atoms with Crippen molar-refractivity contribution in [3.8, 4) is 17.2 Å². The molecule has 8 rings (SSSR count). The standard InChI is InChI=1S/C57H66N6O13/c1-5-37-26-41-31-59-46-29-51(50(72-4)28-44(46)54(68)61(41)33-37)75-23-9-7-8-22-74-49-30-47-45(25-36(49)3)55(69)62-34-38(6-2)27-48(62)56(70)63(47)57(71)76-35-39-12-14-40(15-13-39)58-32-43(65)19-24-73-21-10-11-42(64)18-20-60-52(66)16-17-53(60)67/h5-6,12-17,25,28-31,41,48,56,58,70H,7-11,18-24,26-27,32-35H2,1-4H3/b37-5+,38-6+/t41-,48-,56-/m0/s1. The van der Waals surface area contributed by atoms with Crippen LogP contribution in [0.1, 0.15) is 103 Å². The van der Waals surface area contributed by atoms with Crippen LogP contribution in [0.5, 0.6) is 17.2 Å². The van der Waals surface area contributed by atoms with E-state index in [1.54, 1.807) is 60.5 Å². The summed E-state index contributed by atoms with van der Waals surface area (Å²) < 4.78 is 29.4. The number of nitrogens with zero attached hydrogens (tertiary/aromatic N) is 5. The second kappa shape index (κ2) is 25.3. The summed E-state index contributed by atoms with van der Waals surface area (Å²) in [4.78, 5) is 100. The van der Waals surface area contributed by atoms with Crippen molar-refractivity contribution in [2.75, 3.05) is 69.9 Å². The number of Topliss-reactive ketones (excluding diaryl/α,β-unsaturated/α-hetero) is 2. The number of aliphatic hydroxyl groups is 1. The average molecular weight is 1040 g/mol. The predicted molar refractivity (Wildman–Crippen MR) is 282 cm³/mol. The molecule has 5 aliphatic heterocycles. The van der Waals surface area contributed by atoms with Gasteiger partial charge in [0.15, 0.2) is 23.5 Å². The van der Waals surface area contributed by atoms with Crippen molar-refractivity contribution in [2.24, 2.45) is 4.99 Å². The Kier molecular flexibility index (Phi) is 18.2. The Balaban J connectivity index is 0.800. The van der Waals surface area contributed by atoms with Gasteiger partial charge in [0.25, 0.3) is 23.6 Å². The van der Waals surface area contributed by atoms with Gasteiger partial charge in [-0.2, -0.15) is 0 Å². The van der Waals surface area contributed by atoms with Crippen molar-refractivity contribution in [2.45, 2.75) is 103 Å². The maximum Gasteiger partial charge on any atom is 0.416 e. The second-order valence-electron chi connectivity index (χ2n) is 19.3. The van der Waals surface area contributed by atoms with Crippen molar-refractivity contribution in [1.82, 2.24) is 14.7 Å². The van der Waals surface area contributed by atoms with Crippen LogP contribution in [0.2, 0.25) is 0 Å². The number of amides is 5. The number of anilines is 2. The van der Waals surface area contributed by atoms with E-state index in [0.717, 1.165) is 28.2 Å². The van der Waals surface area contributed by atoms with Gasteiger partial charge in [-0.1, -0.05) is 35.4 Å². The molecule has 0 unspecified atom stereocenters. The van der Waals surface area contributed by atoms with Gasteiger partial charge in [-0.05, 0) is 94.7 Å². The Labute approximate surface area is 442 Å². The quantitative estimate of drug-likeness (QED) is 0.0515. The van der Waals surface area contributed by atoms with Crippen LogP contribution in [0.3, 0.4) is 0 Å².